The molecule has 0 aromatic heterocycles. The largest absolute Gasteiger partial charge is 0.491 e. The molecule has 0 unspecified atom stereocenters. The highest BCUT2D eigenvalue weighted by molar-refractivity contribution is 5.92. The Kier molecular flexibility index (Phi) is 5.26. The average molecular weight is 386 g/mol. The molecule has 0 saturated carbocycles. The maximum Gasteiger partial charge on any atom is 0.292 e. The number of hydrogen-bond donors (Lipinski definition) is 0. The normalized spacial score (nSPS) is 21.7. The van der Waals surface area contributed by atoms with Crippen LogP contribution in [0.4, 0.5) is 0 Å². The number of hydrogen-bond acceptors (Lipinski definition) is 5. The van der Waals surface area contributed by atoms with Crippen molar-refractivity contribution in [2.75, 3.05) is 26.3 Å². The van der Waals surface area contributed by atoms with Crippen molar-refractivity contribution >= 4 is 11.8 Å². The number of ether oxygens (including phenoxy) is 2. The van der Waals surface area contributed by atoms with E-state index >= 15 is 0 Å². The number of piperidine rings is 1. The van der Waals surface area contributed by atoms with E-state index in [-0.39, 0.29) is 17.4 Å². The topological polar surface area (TPSA) is 68.3 Å². The second-order valence-corrected chi connectivity index (χ2v) is 7.55. The van der Waals surface area contributed by atoms with Crippen LogP contribution in [0.2, 0.25) is 0 Å². The molecule has 1 spiro atoms. The minimum absolute atomic E-state index is 0.0262. The predicted octanol–water partition coefficient (Wildman–Crippen LogP) is 2.38. The summed E-state index contributed by atoms with van der Waals surface area (Å²) in [5.74, 6) is 0.744. The van der Waals surface area contributed by atoms with E-state index in [1.807, 2.05) is 30.3 Å². The van der Waals surface area contributed by atoms with Crippen molar-refractivity contribution in [2.24, 2.45) is 0 Å². The number of nitrogens with zero attached hydrogens (tertiary/aromatic N) is 2. The van der Waals surface area contributed by atoms with E-state index in [4.69, 9.17) is 14.3 Å². The summed E-state index contributed by atoms with van der Waals surface area (Å²) < 4.78 is 11.0. The number of amides is 2. The Bertz CT molecular complexity index is 768. The summed E-state index contributed by atoms with van der Waals surface area (Å²) in [6.07, 6.45) is 2.66. The van der Waals surface area contributed by atoms with Crippen molar-refractivity contribution in [3.63, 3.8) is 0 Å². The zero-order valence-corrected chi connectivity index (χ0v) is 16.2. The van der Waals surface area contributed by atoms with Crippen LogP contribution in [0.25, 0.3) is 0 Å². The summed E-state index contributed by atoms with van der Waals surface area (Å²) in [6, 6.07) is 9.83. The summed E-state index contributed by atoms with van der Waals surface area (Å²) >= 11 is 0. The van der Waals surface area contributed by atoms with Crippen molar-refractivity contribution < 1.29 is 23.9 Å². The fraction of sp³-hybridized carbons (Fsp3) is 0.524. The summed E-state index contributed by atoms with van der Waals surface area (Å²) in [4.78, 5) is 33.0. The molecule has 0 radical (unpaired) electrons. The first-order chi connectivity index (χ1) is 13.6. The Morgan fingerprint density at radius 1 is 1.11 bits per heavy atom. The second-order valence-electron chi connectivity index (χ2n) is 7.55. The molecule has 2 saturated heterocycles. The van der Waals surface area contributed by atoms with Gasteiger partial charge in [-0.15, -0.1) is 0 Å². The van der Waals surface area contributed by atoms with Gasteiger partial charge < -0.3 is 14.4 Å². The first-order valence-electron chi connectivity index (χ1n) is 9.85. The number of benzene rings is 1. The van der Waals surface area contributed by atoms with E-state index < -0.39 is 0 Å². The molecule has 7 heteroatoms. The first-order valence-corrected chi connectivity index (χ1v) is 9.85. The average Bonchev–Trinajstić information content (AvgIpc) is 3.03. The van der Waals surface area contributed by atoms with Crippen LogP contribution in [-0.4, -0.2) is 53.6 Å². The van der Waals surface area contributed by atoms with Crippen LogP contribution in [0.5, 0.6) is 0 Å². The second kappa shape index (κ2) is 7.83. The van der Waals surface area contributed by atoms with Crippen LogP contribution >= 0.6 is 0 Å². The van der Waals surface area contributed by atoms with E-state index in [0.717, 1.165) is 12.0 Å². The van der Waals surface area contributed by atoms with Crippen molar-refractivity contribution in [1.29, 1.82) is 0 Å². The molecule has 0 aliphatic carbocycles. The number of rotatable bonds is 4. The van der Waals surface area contributed by atoms with Gasteiger partial charge in [0.2, 0.25) is 11.7 Å². The van der Waals surface area contributed by atoms with Gasteiger partial charge in [-0.1, -0.05) is 30.3 Å². The fourth-order valence-corrected chi connectivity index (χ4v) is 4.17. The summed E-state index contributed by atoms with van der Waals surface area (Å²) in [5, 5.41) is 1.59. The number of allylic oxidation sites excluding steroid dienone is 1. The zero-order chi connectivity index (χ0) is 19.6. The summed E-state index contributed by atoms with van der Waals surface area (Å²) in [6.45, 7) is 4.13. The molecule has 3 aliphatic heterocycles. The molecule has 1 aromatic rings. The van der Waals surface area contributed by atoms with Gasteiger partial charge in [0, 0.05) is 19.5 Å². The molecule has 2 amide bonds. The molecule has 150 valence electrons. The first kappa shape index (κ1) is 18.8. The van der Waals surface area contributed by atoms with E-state index in [1.54, 1.807) is 16.9 Å². The number of likely N-dealkylation sites (tertiary alicyclic amines) is 1. The van der Waals surface area contributed by atoms with Gasteiger partial charge in [-0.25, -0.2) is 5.06 Å². The molecule has 7 nitrogen and oxygen atoms in total. The highest BCUT2D eigenvalue weighted by Gasteiger charge is 2.49. The smallest absolute Gasteiger partial charge is 0.292 e. The number of carbonyl (C=O) groups is 2. The molecule has 28 heavy (non-hydrogen) atoms. The van der Waals surface area contributed by atoms with Gasteiger partial charge in [-0.05, 0) is 31.7 Å². The fourth-order valence-electron chi connectivity index (χ4n) is 4.17. The molecule has 0 N–H and O–H groups in total. The molecule has 4 rings (SSSR count). The molecule has 1 aromatic carbocycles. The third-order valence-electron chi connectivity index (χ3n) is 5.81. The lowest BCUT2D eigenvalue weighted by Gasteiger charge is -2.43. The SMILES string of the molecule is CC1=C(C(=O)N2CCC3(CCC(=O)N3OCc3ccccc3)CC2)OCCO1. The predicted molar refractivity (Wildman–Crippen MR) is 100 cm³/mol. The summed E-state index contributed by atoms with van der Waals surface area (Å²) in [5.41, 5.74) is 0.706. The molecule has 3 aliphatic rings. The van der Waals surface area contributed by atoms with Crippen molar-refractivity contribution in [3.8, 4) is 0 Å². The van der Waals surface area contributed by atoms with Crippen LogP contribution in [0.15, 0.2) is 41.9 Å². The van der Waals surface area contributed by atoms with Gasteiger partial charge in [0.25, 0.3) is 5.91 Å². The maximum absolute atomic E-state index is 12.8. The lowest BCUT2D eigenvalue weighted by molar-refractivity contribution is -0.222. The van der Waals surface area contributed by atoms with Gasteiger partial charge >= 0.3 is 0 Å². The highest BCUT2D eigenvalue weighted by atomic mass is 16.7. The molecule has 0 bridgehead atoms. The van der Waals surface area contributed by atoms with Crippen molar-refractivity contribution in [2.45, 2.75) is 44.8 Å². The highest BCUT2D eigenvalue weighted by Crippen LogP contribution is 2.40. The Morgan fingerprint density at radius 2 is 1.82 bits per heavy atom. The van der Waals surface area contributed by atoms with Crippen molar-refractivity contribution in [3.05, 3.63) is 47.4 Å². The van der Waals surface area contributed by atoms with Gasteiger partial charge in [0.1, 0.15) is 25.6 Å². The standard InChI is InChI=1S/C21H26N2O5/c1-16-19(27-14-13-26-16)20(25)22-11-9-21(10-12-22)8-7-18(24)23(21)28-15-17-5-3-2-4-6-17/h2-6H,7-15H2,1H3. The van der Waals surface area contributed by atoms with Crippen LogP contribution in [0.3, 0.4) is 0 Å². The Labute approximate surface area is 164 Å². The van der Waals surface area contributed by atoms with E-state index in [0.29, 0.717) is 63.7 Å². The third kappa shape index (κ3) is 3.58. The van der Waals surface area contributed by atoms with Crippen LogP contribution in [-0.2, 0) is 30.5 Å². The van der Waals surface area contributed by atoms with E-state index in [1.165, 1.54) is 0 Å². The Balaban J connectivity index is 1.40. The maximum atomic E-state index is 12.8. The minimum atomic E-state index is -0.323. The van der Waals surface area contributed by atoms with Crippen LogP contribution < -0.4 is 0 Å². The van der Waals surface area contributed by atoms with Crippen LogP contribution in [0, 0.1) is 0 Å². The summed E-state index contributed by atoms with van der Waals surface area (Å²) in [7, 11) is 0. The molecular weight excluding hydrogens is 360 g/mol. The van der Waals surface area contributed by atoms with E-state index in [2.05, 4.69) is 0 Å². The Hall–Kier alpha value is -2.54. The molecule has 0 atom stereocenters. The van der Waals surface area contributed by atoms with Gasteiger partial charge in [0.15, 0.2) is 0 Å². The Morgan fingerprint density at radius 3 is 2.54 bits per heavy atom. The molecular formula is C21H26N2O5. The third-order valence-corrected chi connectivity index (χ3v) is 5.81. The molecule has 3 heterocycles. The zero-order valence-electron chi connectivity index (χ0n) is 16.2. The van der Waals surface area contributed by atoms with Gasteiger partial charge in [-0.2, -0.15) is 0 Å². The lowest BCUT2D eigenvalue weighted by Crippen LogP contribution is -2.54. The quantitative estimate of drug-likeness (QED) is 0.795. The van der Waals surface area contributed by atoms with Gasteiger partial charge in [0.05, 0.1) is 5.54 Å². The van der Waals surface area contributed by atoms with Gasteiger partial charge in [-0.3, -0.25) is 14.4 Å². The number of hydroxylamine groups is 2. The molecule has 2 fully saturated rings. The van der Waals surface area contributed by atoms with Crippen LogP contribution in [0.1, 0.15) is 38.2 Å². The lowest BCUT2D eigenvalue weighted by atomic mass is 9.86. The van der Waals surface area contributed by atoms with E-state index in [9.17, 15) is 9.59 Å². The number of carbonyl (C=O) groups excluding carboxylic acids is 2. The van der Waals surface area contributed by atoms with Crippen molar-refractivity contribution in [1.82, 2.24) is 9.96 Å². The minimum Gasteiger partial charge on any atom is -0.491 e. The monoisotopic (exact) mass is 386 g/mol.